The number of carbonyl (C=O) groups excluding carboxylic acids is 1. The van der Waals surface area contributed by atoms with Gasteiger partial charge < -0.3 is 4.90 Å². The van der Waals surface area contributed by atoms with Crippen molar-refractivity contribution < 1.29 is 4.79 Å². The first-order chi connectivity index (χ1) is 13.3. The summed E-state index contributed by atoms with van der Waals surface area (Å²) >= 11 is 1.44. The maximum absolute atomic E-state index is 12.4. The SMILES string of the molecule is C=CCn1c(SCC(=O)N(C)CC2CC2)nnc1-c1ccc(C(C)(C)C)cc1. The number of aromatic nitrogens is 3. The third kappa shape index (κ3) is 5.04. The van der Waals surface area contributed by atoms with E-state index in [2.05, 4.69) is 61.8 Å². The molecule has 1 fully saturated rings. The van der Waals surface area contributed by atoms with E-state index in [9.17, 15) is 4.79 Å². The zero-order valence-corrected chi connectivity index (χ0v) is 18.1. The molecule has 150 valence electrons. The van der Waals surface area contributed by atoms with Crippen molar-refractivity contribution in [2.24, 2.45) is 5.92 Å². The lowest BCUT2D eigenvalue weighted by Gasteiger charge is -2.19. The normalized spacial score (nSPS) is 14.1. The molecule has 1 heterocycles. The van der Waals surface area contributed by atoms with E-state index in [1.54, 1.807) is 0 Å². The standard InChI is InChI=1S/C22H30N4OS/c1-6-13-26-20(17-9-11-18(12-10-17)22(2,3)4)23-24-21(26)28-15-19(27)25(5)14-16-7-8-16/h6,9-12,16H,1,7-8,13-15H2,2-5H3. The Hall–Kier alpha value is -2.08. The summed E-state index contributed by atoms with van der Waals surface area (Å²) in [6.45, 7) is 11.9. The summed E-state index contributed by atoms with van der Waals surface area (Å²) in [5, 5.41) is 9.49. The van der Waals surface area contributed by atoms with Gasteiger partial charge in [-0.2, -0.15) is 0 Å². The highest BCUT2D eigenvalue weighted by molar-refractivity contribution is 7.99. The first-order valence-electron chi connectivity index (χ1n) is 9.81. The van der Waals surface area contributed by atoms with Crippen molar-refractivity contribution in [1.29, 1.82) is 0 Å². The predicted octanol–water partition coefficient (Wildman–Crippen LogP) is 4.39. The molecule has 1 aromatic heterocycles. The number of carbonyl (C=O) groups is 1. The number of benzene rings is 1. The van der Waals surface area contributed by atoms with Crippen LogP contribution in [0.15, 0.2) is 42.1 Å². The molecule has 0 atom stereocenters. The van der Waals surface area contributed by atoms with Crippen molar-refractivity contribution in [3.8, 4) is 11.4 Å². The third-order valence-corrected chi connectivity index (χ3v) is 5.97. The van der Waals surface area contributed by atoms with Crippen LogP contribution in [0, 0.1) is 5.92 Å². The molecule has 5 nitrogen and oxygen atoms in total. The lowest BCUT2D eigenvalue weighted by molar-refractivity contribution is -0.127. The molecule has 3 rings (SSSR count). The van der Waals surface area contributed by atoms with Crippen LogP contribution in [0.3, 0.4) is 0 Å². The maximum atomic E-state index is 12.4. The van der Waals surface area contributed by atoms with E-state index in [-0.39, 0.29) is 11.3 Å². The number of hydrogen-bond donors (Lipinski definition) is 0. The van der Waals surface area contributed by atoms with Gasteiger partial charge in [0.1, 0.15) is 0 Å². The minimum absolute atomic E-state index is 0.112. The van der Waals surface area contributed by atoms with Crippen LogP contribution in [-0.2, 0) is 16.8 Å². The summed E-state index contributed by atoms with van der Waals surface area (Å²) in [6, 6.07) is 8.47. The van der Waals surface area contributed by atoms with Gasteiger partial charge in [-0.15, -0.1) is 16.8 Å². The molecule has 28 heavy (non-hydrogen) atoms. The monoisotopic (exact) mass is 398 g/mol. The molecule has 1 aromatic carbocycles. The first kappa shape index (κ1) is 20.6. The molecule has 2 aromatic rings. The second-order valence-corrected chi connectivity index (χ2v) is 9.48. The first-order valence-corrected chi connectivity index (χ1v) is 10.8. The molecule has 0 saturated heterocycles. The Morgan fingerprint density at radius 1 is 1.29 bits per heavy atom. The molecule has 0 unspecified atom stereocenters. The highest BCUT2D eigenvalue weighted by atomic mass is 32.2. The quantitative estimate of drug-likeness (QED) is 0.489. The van der Waals surface area contributed by atoms with Crippen LogP contribution >= 0.6 is 11.8 Å². The van der Waals surface area contributed by atoms with Gasteiger partial charge in [-0.1, -0.05) is 62.9 Å². The fourth-order valence-electron chi connectivity index (χ4n) is 3.05. The summed E-state index contributed by atoms with van der Waals surface area (Å²) in [7, 11) is 1.89. The Kier molecular flexibility index (Phi) is 6.28. The van der Waals surface area contributed by atoms with Crippen molar-refractivity contribution >= 4 is 17.7 Å². The molecular formula is C22H30N4OS. The Balaban J connectivity index is 1.73. The Bertz CT molecular complexity index is 831. The number of thioether (sulfide) groups is 1. The molecule has 6 heteroatoms. The zero-order valence-electron chi connectivity index (χ0n) is 17.3. The van der Waals surface area contributed by atoms with E-state index in [0.29, 0.717) is 18.2 Å². The number of nitrogens with zero attached hydrogens (tertiary/aromatic N) is 4. The van der Waals surface area contributed by atoms with E-state index in [1.165, 1.54) is 30.2 Å². The van der Waals surface area contributed by atoms with Gasteiger partial charge >= 0.3 is 0 Å². The minimum Gasteiger partial charge on any atom is -0.345 e. The van der Waals surface area contributed by atoms with Gasteiger partial charge in [0, 0.05) is 25.7 Å². The maximum Gasteiger partial charge on any atom is 0.232 e. The number of amides is 1. The van der Waals surface area contributed by atoms with Gasteiger partial charge in [-0.3, -0.25) is 9.36 Å². The summed E-state index contributed by atoms with van der Waals surface area (Å²) in [4.78, 5) is 14.2. The molecule has 0 N–H and O–H groups in total. The van der Waals surface area contributed by atoms with Crippen LogP contribution in [-0.4, -0.2) is 44.9 Å². The van der Waals surface area contributed by atoms with Gasteiger partial charge in [0.2, 0.25) is 5.91 Å². The molecule has 1 aliphatic carbocycles. The van der Waals surface area contributed by atoms with Crippen molar-refractivity contribution in [3.63, 3.8) is 0 Å². The van der Waals surface area contributed by atoms with Crippen LogP contribution in [0.5, 0.6) is 0 Å². The fourth-order valence-corrected chi connectivity index (χ4v) is 3.94. The molecule has 0 radical (unpaired) electrons. The van der Waals surface area contributed by atoms with Crippen LogP contribution in [0.25, 0.3) is 11.4 Å². The molecule has 0 bridgehead atoms. The Morgan fingerprint density at radius 2 is 1.96 bits per heavy atom. The molecule has 0 aliphatic heterocycles. The van der Waals surface area contributed by atoms with Crippen LogP contribution in [0.2, 0.25) is 0 Å². The van der Waals surface area contributed by atoms with Gasteiger partial charge in [0.05, 0.1) is 5.75 Å². The highest BCUT2D eigenvalue weighted by Gasteiger charge is 2.25. The fraction of sp³-hybridized carbons (Fsp3) is 0.500. The Morgan fingerprint density at radius 3 is 2.54 bits per heavy atom. The van der Waals surface area contributed by atoms with Crippen LogP contribution < -0.4 is 0 Å². The Labute approximate surface area is 172 Å². The molecular weight excluding hydrogens is 368 g/mol. The smallest absolute Gasteiger partial charge is 0.232 e. The molecule has 0 spiro atoms. The second-order valence-electron chi connectivity index (χ2n) is 8.54. The largest absolute Gasteiger partial charge is 0.345 e. The van der Waals surface area contributed by atoms with E-state index >= 15 is 0 Å². The number of hydrogen-bond acceptors (Lipinski definition) is 4. The van der Waals surface area contributed by atoms with Crippen molar-refractivity contribution in [2.45, 2.75) is 50.7 Å². The number of allylic oxidation sites excluding steroid dienone is 1. The van der Waals surface area contributed by atoms with Gasteiger partial charge in [0.15, 0.2) is 11.0 Å². The highest BCUT2D eigenvalue weighted by Crippen LogP contribution is 2.30. The van der Waals surface area contributed by atoms with Crippen LogP contribution in [0.1, 0.15) is 39.2 Å². The average molecular weight is 399 g/mol. The van der Waals surface area contributed by atoms with Gasteiger partial charge in [-0.25, -0.2) is 0 Å². The predicted molar refractivity (Wildman–Crippen MR) is 115 cm³/mol. The molecule has 1 saturated carbocycles. The molecule has 1 amide bonds. The minimum atomic E-state index is 0.112. The van der Waals surface area contributed by atoms with E-state index < -0.39 is 0 Å². The average Bonchev–Trinajstić information content (AvgIpc) is 3.38. The van der Waals surface area contributed by atoms with Crippen LogP contribution in [0.4, 0.5) is 0 Å². The zero-order chi connectivity index (χ0) is 20.3. The van der Waals surface area contributed by atoms with E-state index in [4.69, 9.17) is 0 Å². The van der Waals surface area contributed by atoms with Gasteiger partial charge in [0.25, 0.3) is 0 Å². The third-order valence-electron chi connectivity index (χ3n) is 5.02. The van der Waals surface area contributed by atoms with Crippen molar-refractivity contribution in [2.75, 3.05) is 19.3 Å². The molecule has 1 aliphatic rings. The lowest BCUT2D eigenvalue weighted by atomic mass is 9.87. The van der Waals surface area contributed by atoms with Gasteiger partial charge in [-0.05, 0) is 29.7 Å². The van der Waals surface area contributed by atoms with E-state index in [1.807, 2.05) is 22.6 Å². The topological polar surface area (TPSA) is 51.0 Å². The summed E-state index contributed by atoms with van der Waals surface area (Å²) in [5.41, 5.74) is 2.41. The van der Waals surface area contributed by atoms with E-state index in [0.717, 1.165) is 23.1 Å². The summed E-state index contributed by atoms with van der Waals surface area (Å²) in [5.74, 6) is 2.02. The number of rotatable bonds is 8. The van der Waals surface area contributed by atoms with Crippen molar-refractivity contribution in [3.05, 3.63) is 42.5 Å². The van der Waals surface area contributed by atoms with Crippen molar-refractivity contribution in [1.82, 2.24) is 19.7 Å². The summed E-state index contributed by atoms with van der Waals surface area (Å²) < 4.78 is 2.03. The summed E-state index contributed by atoms with van der Waals surface area (Å²) in [6.07, 6.45) is 4.33. The second kappa shape index (κ2) is 8.52. The lowest BCUT2D eigenvalue weighted by Crippen LogP contribution is -2.30.